The molecule has 1 saturated carbocycles. The van der Waals surface area contributed by atoms with Gasteiger partial charge in [-0.1, -0.05) is 43.5 Å². The quantitative estimate of drug-likeness (QED) is 0.223. The number of rotatable bonds is 8. The summed E-state index contributed by atoms with van der Waals surface area (Å²) in [5, 5.41) is 7.42. The number of fused-ring (bicyclic) bond motifs is 2. The molecule has 0 spiro atoms. The Morgan fingerprint density at radius 1 is 1.02 bits per heavy atom. The van der Waals surface area contributed by atoms with Crippen LogP contribution >= 0.6 is 11.3 Å². The predicted molar refractivity (Wildman–Crippen MR) is 160 cm³/mol. The first-order valence-electron chi connectivity index (χ1n) is 13.9. The van der Waals surface area contributed by atoms with Gasteiger partial charge < -0.3 is 15.6 Å². The van der Waals surface area contributed by atoms with Crippen LogP contribution in [0.3, 0.4) is 0 Å². The molecule has 0 saturated heterocycles. The van der Waals surface area contributed by atoms with Crippen LogP contribution in [0.2, 0.25) is 0 Å². The lowest BCUT2D eigenvalue weighted by Crippen LogP contribution is -2.59. The van der Waals surface area contributed by atoms with Crippen LogP contribution in [0.25, 0.3) is 21.1 Å². The summed E-state index contributed by atoms with van der Waals surface area (Å²) in [6.07, 6.45) is 9.47. The fraction of sp³-hybridized carbons (Fsp3) is 0.312. The zero-order valence-electron chi connectivity index (χ0n) is 22.6. The lowest BCUT2D eigenvalue weighted by molar-refractivity contribution is -0.127. The SMILES string of the molecule is C[C@@](Cc1c[nH]c2ccccc12)(NC(=O)c1ccc2ncsc2c1)C(=O)NCC1(c2ccccn2)CCCCC1. The van der Waals surface area contributed by atoms with Crippen molar-refractivity contribution in [3.63, 3.8) is 0 Å². The average Bonchev–Trinajstić information content (AvgIpc) is 3.63. The second-order valence-electron chi connectivity index (χ2n) is 11.1. The second kappa shape index (κ2) is 10.8. The van der Waals surface area contributed by atoms with Crippen molar-refractivity contribution in [2.75, 3.05) is 6.54 Å². The highest BCUT2D eigenvalue weighted by Gasteiger charge is 2.40. The van der Waals surface area contributed by atoms with Crippen LogP contribution in [0.15, 0.2) is 78.6 Å². The molecule has 0 unspecified atom stereocenters. The molecule has 3 heterocycles. The standard InChI is InChI=1S/C32H33N5O2S/c1-31(18-23-19-34-25-10-4-3-9-24(23)25,37-29(38)22-12-13-26-27(17-22)40-21-36-26)30(39)35-20-32(14-6-2-7-15-32)28-11-5-8-16-33-28/h3-5,8-13,16-17,19,21,34H,2,6-7,14-15,18,20H2,1H3,(H,35,39)(H,37,38)/t31-/m0/s1. The zero-order valence-corrected chi connectivity index (χ0v) is 23.4. The molecule has 2 aromatic carbocycles. The van der Waals surface area contributed by atoms with E-state index in [0.29, 0.717) is 18.5 Å². The van der Waals surface area contributed by atoms with Gasteiger partial charge in [-0.3, -0.25) is 14.6 Å². The Balaban J connectivity index is 1.29. The van der Waals surface area contributed by atoms with E-state index in [1.165, 1.54) is 17.8 Å². The van der Waals surface area contributed by atoms with Crippen molar-refractivity contribution in [1.29, 1.82) is 0 Å². The Labute approximate surface area is 237 Å². The zero-order chi connectivity index (χ0) is 27.6. The summed E-state index contributed by atoms with van der Waals surface area (Å²) < 4.78 is 0.935. The number of amides is 2. The summed E-state index contributed by atoms with van der Waals surface area (Å²) in [7, 11) is 0. The molecule has 3 aromatic heterocycles. The summed E-state index contributed by atoms with van der Waals surface area (Å²) in [5.41, 5.74) is 4.73. The lowest BCUT2D eigenvalue weighted by atomic mass is 9.71. The van der Waals surface area contributed by atoms with E-state index >= 15 is 0 Å². The number of para-hydroxylation sites is 1. The van der Waals surface area contributed by atoms with Crippen LogP contribution in [0.5, 0.6) is 0 Å². The van der Waals surface area contributed by atoms with Gasteiger partial charge in [0.05, 0.1) is 15.7 Å². The third kappa shape index (κ3) is 5.11. The van der Waals surface area contributed by atoms with Gasteiger partial charge in [-0.15, -0.1) is 11.3 Å². The smallest absolute Gasteiger partial charge is 0.252 e. The molecule has 7 nitrogen and oxygen atoms in total. The Morgan fingerprint density at radius 2 is 1.85 bits per heavy atom. The van der Waals surface area contributed by atoms with E-state index in [0.717, 1.165) is 58.1 Å². The van der Waals surface area contributed by atoms with Gasteiger partial charge in [0.1, 0.15) is 5.54 Å². The van der Waals surface area contributed by atoms with Gasteiger partial charge in [0.2, 0.25) is 5.91 Å². The molecule has 1 aliphatic rings. The number of benzene rings is 2. The summed E-state index contributed by atoms with van der Waals surface area (Å²) in [5.74, 6) is -0.490. The highest BCUT2D eigenvalue weighted by Crippen LogP contribution is 2.38. The Bertz CT molecular complexity index is 1650. The molecule has 6 rings (SSSR count). The van der Waals surface area contributed by atoms with Crippen molar-refractivity contribution in [2.45, 2.75) is 56.4 Å². The largest absolute Gasteiger partial charge is 0.361 e. The first-order chi connectivity index (χ1) is 19.5. The monoisotopic (exact) mass is 551 g/mol. The molecule has 0 radical (unpaired) electrons. The molecule has 40 heavy (non-hydrogen) atoms. The van der Waals surface area contributed by atoms with E-state index in [2.05, 4.69) is 31.7 Å². The predicted octanol–water partition coefficient (Wildman–Crippen LogP) is 5.92. The van der Waals surface area contributed by atoms with Gasteiger partial charge in [-0.2, -0.15) is 0 Å². The average molecular weight is 552 g/mol. The summed E-state index contributed by atoms with van der Waals surface area (Å²) in [6, 6.07) is 19.5. The molecular formula is C32H33N5O2S. The van der Waals surface area contributed by atoms with Crippen LogP contribution in [-0.4, -0.2) is 38.8 Å². The Kier molecular flexibility index (Phi) is 7.11. The molecule has 8 heteroatoms. The number of pyridine rings is 1. The molecule has 2 amide bonds. The van der Waals surface area contributed by atoms with Gasteiger partial charge in [0, 0.05) is 52.9 Å². The van der Waals surface area contributed by atoms with E-state index in [-0.39, 0.29) is 17.2 Å². The number of hydrogen-bond acceptors (Lipinski definition) is 5. The number of aromatic amines is 1. The highest BCUT2D eigenvalue weighted by atomic mass is 32.1. The summed E-state index contributed by atoms with van der Waals surface area (Å²) in [6.45, 7) is 2.30. The fourth-order valence-electron chi connectivity index (χ4n) is 6.03. The first-order valence-corrected chi connectivity index (χ1v) is 14.7. The van der Waals surface area contributed by atoms with Crippen molar-refractivity contribution < 1.29 is 9.59 Å². The first kappa shape index (κ1) is 26.2. The molecule has 204 valence electrons. The van der Waals surface area contributed by atoms with Gasteiger partial charge in [-0.25, -0.2) is 4.98 Å². The summed E-state index contributed by atoms with van der Waals surface area (Å²) in [4.78, 5) is 40.0. The minimum atomic E-state index is -1.19. The Morgan fingerprint density at radius 3 is 2.67 bits per heavy atom. The maximum absolute atomic E-state index is 14.1. The van der Waals surface area contributed by atoms with Crippen molar-refractivity contribution in [3.8, 4) is 0 Å². The van der Waals surface area contributed by atoms with E-state index in [1.807, 2.05) is 67.8 Å². The number of aromatic nitrogens is 3. The second-order valence-corrected chi connectivity index (χ2v) is 12.0. The third-order valence-corrected chi connectivity index (χ3v) is 9.10. The van der Waals surface area contributed by atoms with Crippen LogP contribution in [0.1, 0.15) is 60.6 Å². The van der Waals surface area contributed by atoms with Gasteiger partial charge in [0.15, 0.2) is 0 Å². The van der Waals surface area contributed by atoms with Crippen LogP contribution < -0.4 is 10.6 Å². The molecule has 5 aromatic rings. The van der Waals surface area contributed by atoms with Crippen molar-refractivity contribution in [3.05, 3.63) is 95.4 Å². The molecule has 3 N–H and O–H groups in total. The molecule has 1 fully saturated rings. The van der Waals surface area contributed by atoms with Crippen molar-refractivity contribution in [2.24, 2.45) is 0 Å². The maximum Gasteiger partial charge on any atom is 0.252 e. The molecule has 1 aliphatic carbocycles. The van der Waals surface area contributed by atoms with E-state index in [9.17, 15) is 9.59 Å². The number of nitrogens with zero attached hydrogens (tertiary/aromatic N) is 2. The van der Waals surface area contributed by atoms with Gasteiger partial charge in [-0.05, 0) is 61.7 Å². The molecule has 1 atom stereocenters. The van der Waals surface area contributed by atoms with Crippen LogP contribution in [0, 0.1) is 0 Å². The number of carbonyl (C=O) groups excluding carboxylic acids is 2. The van der Waals surface area contributed by atoms with Gasteiger partial charge >= 0.3 is 0 Å². The number of nitrogens with one attached hydrogen (secondary N) is 3. The topological polar surface area (TPSA) is 99.8 Å². The number of thiazole rings is 1. The van der Waals surface area contributed by atoms with Crippen LogP contribution in [0.4, 0.5) is 0 Å². The minimum absolute atomic E-state index is 0.203. The van der Waals surface area contributed by atoms with Crippen molar-refractivity contribution >= 4 is 44.3 Å². The summed E-state index contributed by atoms with van der Waals surface area (Å²) >= 11 is 1.49. The van der Waals surface area contributed by atoms with E-state index in [1.54, 1.807) is 11.6 Å². The number of hydrogen-bond donors (Lipinski definition) is 3. The van der Waals surface area contributed by atoms with Crippen molar-refractivity contribution in [1.82, 2.24) is 25.6 Å². The van der Waals surface area contributed by atoms with Gasteiger partial charge in [0.25, 0.3) is 5.91 Å². The third-order valence-electron chi connectivity index (χ3n) is 8.31. The fourth-order valence-corrected chi connectivity index (χ4v) is 6.75. The molecule has 0 bridgehead atoms. The molecular weight excluding hydrogens is 518 g/mol. The maximum atomic E-state index is 14.1. The molecule has 0 aliphatic heterocycles. The highest BCUT2D eigenvalue weighted by molar-refractivity contribution is 7.16. The lowest BCUT2D eigenvalue weighted by Gasteiger charge is -2.38. The van der Waals surface area contributed by atoms with E-state index < -0.39 is 5.54 Å². The normalized spacial score (nSPS) is 16.4. The van der Waals surface area contributed by atoms with E-state index in [4.69, 9.17) is 0 Å². The Hall–Kier alpha value is -4.04. The number of H-pyrrole nitrogens is 1. The van der Waals surface area contributed by atoms with Crippen LogP contribution in [-0.2, 0) is 16.6 Å². The number of carbonyl (C=O) groups is 2. The minimum Gasteiger partial charge on any atom is -0.361 e.